The van der Waals surface area contributed by atoms with Gasteiger partial charge < -0.3 is 15.3 Å². The molecule has 1 heterocycles. The van der Waals surface area contributed by atoms with E-state index in [1.807, 2.05) is 0 Å². The number of hydrogen-bond acceptors (Lipinski definition) is 3. The zero-order valence-corrected chi connectivity index (χ0v) is 10.6. The Hall–Kier alpha value is -0.910. The minimum Gasteiger partial charge on any atom is -0.504 e. The van der Waals surface area contributed by atoms with Gasteiger partial charge in [0, 0.05) is 32.7 Å². The van der Waals surface area contributed by atoms with Crippen molar-refractivity contribution in [3.8, 4) is 5.75 Å². The summed E-state index contributed by atoms with van der Waals surface area (Å²) < 4.78 is 26.9. The topological polar surface area (TPSA) is 35.5 Å². The summed E-state index contributed by atoms with van der Waals surface area (Å²) in [5.74, 6) is -3.09. The third-order valence-electron chi connectivity index (χ3n) is 3.12. The molecule has 0 bridgehead atoms. The Bertz CT molecular complexity index is 437. The minimum atomic E-state index is -1.27. The molecule has 1 aromatic rings. The molecule has 1 aliphatic heterocycles. The molecule has 0 aliphatic carbocycles. The standard InChI is InChI=1S/C12H15ClF2N2O/c13-9-7-8(10(14)11(15)12(9)18)1-4-17-5-2-16-3-6-17/h7,16,18H,1-6H2. The number of nitrogens with zero attached hydrogens (tertiary/aromatic N) is 1. The van der Waals surface area contributed by atoms with E-state index in [9.17, 15) is 8.78 Å². The van der Waals surface area contributed by atoms with Crippen LogP contribution in [0, 0.1) is 11.6 Å². The van der Waals surface area contributed by atoms with Gasteiger partial charge in [-0.05, 0) is 18.1 Å². The Morgan fingerprint density at radius 1 is 1.28 bits per heavy atom. The highest BCUT2D eigenvalue weighted by Crippen LogP contribution is 2.30. The first-order chi connectivity index (χ1) is 8.59. The lowest BCUT2D eigenvalue weighted by Gasteiger charge is -2.27. The van der Waals surface area contributed by atoms with Crippen LogP contribution in [0.1, 0.15) is 5.56 Å². The highest BCUT2D eigenvalue weighted by Gasteiger charge is 2.18. The van der Waals surface area contributed by atoms with Crippen LogP contribution in [0.5, 0.6) is 5.75 Å². The summed E-state index contributed by atoms with van der Waals surface area (Å²) in [4.78, 5) is 2.18. The number of halogens is 3. The zero-order valence-electron chi connectivity index (χ0n) is 9.85. The molecule has 0 amide bonds. The van der Waals surface area contributed by atoms with E-state index in [1.54, 1.807) is 0 Å². The van der Waals surface area contributed by atoms with Gasteiger partial charge in [-0.2, -0.15) is 4.39 Å². The Morgan fingerprint density at radius 2 is 1.94 bits per heavy atom. The molecular formula is C12H15ClF2N2O. The van der Waals surface area contributed by atoms with E-state index >= 15 is 0 Å². The fraction of sp³-hybridized carbons (Fsp3) is 0.500. The smallest absolute Gasteiger partial charge is 0.202 e. The highest BCUT2D eigenvalue weighted by atomic mass is 35.5. The summed E-state index contributed by atoms with van der Waals surface area (Å²) in [6.07, 6.45) is 0.378. The number of benzene rings is 1. The summed E-state index contributed by atoms with van der Waals surface area (Å²) in [6, 6.07) is 1.29. The van der Waals surface area contributed by atoms with Crippen molar-refractivity contribution in [2.75, 3.05) is 32.7 Å². The summed E-state index contributed by atoms with van der Waals surface area (Å²) >= 11 is 5.63. The van der Waals surface area contributed by atoms with Gasteiger partial charge in [-0.25, -0.2) is 4.39 Å². The van der Waals surface area contributed by atoms with Gasteiger partial charge in [0.05, 0.1) is 5.02 Å². The number of piperazine rings is 1. The van der Waals surface area contributed by atoms with Gasteiger partial charge in [0.2, 0.25) is 5.82 Å². The van der Waals surface area contributed by atoms with Crippen LogP contribution in [-0.2, 0) is 6.42 Å². The monoisotopic (exact) mass is 276 g/mol. The second kappa shape index (κ2) is 5.82. The molecule has 3 nitrogen and oxygen atoms in total. The molecule has 0 aromatic heterocycles. The van der Waals surface area contributed by atoms with Crippen molar-refractivity contribution >= 4 is 11.6 Å². The van der Waals surface area contributed by atoms with Gasteiger partial charge in [-0.15, -0.1) is 0 Å². The van der Waals surface area contributed by atoms with Crippen LogP contribution in [0.4, 0.5) is 8.78 Å². The maximum atomic E-state index is 13.6. The molecule has 0 unspecified atom stereocenters. The predicted octanol–water partition coefficient (Wildman–Crippen LogP) is 1.77. The van der Waals surface area contributed by atoms with Gasteiger partial charge in [0.15, 0.2) is 11.6 Å². The average molecular weight is 277 g/mol. The lowest BCUT2D eigenvalue weighted by atomic mass is 10.1. The molecule has 18 heavy (non-hydrogen) atoms. The van der Waals surface area contributed by atoms with E-state index in [-0.39, 0.29) is 10.6 Å². The zero-order chi connectivity index (χ0) is 13.1. The third kappa shape index (κ3) is 2.91. The van der Waals surface area contributed by atoms with E-state index in [2.05, 4.69) is 10.2 Å². The Morgan fingerprint density at radius 3 is 2.61 bits per heavy atom. The maximum Gasteiger partial charge on any atom is 0.202 e. The highest BCUT2D eigenvalue weighted by molar-refractivity contribution is 6.32. The first-order valence-electron chi connectivity index (χ1n) is 5.88. The van der Waals surface area contributed by atoms with Crippen LogP contribution in [0.25, 0.3) is 0 Å². The number of hydrogen-bond donors (Lipinski definition) is 2. The summed E-state index contributed by atoms with van der Waals surface area (Å²) in [5, 5.41) is 12.2. The fourth-order valence-electron chi connectivity index (χ4n) is 2.03. The first-order valence-corrected chi connectivity index (χ1v) is 6.26. The minimum absolute atomic E-state index is 0.149. The number of nitrogens with one attached hydrogen (secondary N) is 1. The first kappa shape index (κ1) is 13.5. The molecule has 2 N–H and O–H groups in total. The number of rotatable bonds is 3. The quantitative estimate of drug-likeness (QED) is 0.826. The molecule has 0 spiro atoms. The number of aromatic hydroxyl groups is 1. The summed E-state index contributed by atoms with van der Waals surface area (Å²) in [5.41, 5.74) is 0.203. The fourth-order valence-corrected chi connectivity index (χ4v) is 2.24. The van der Waals surface area contributed by atoms with Crippen molar-refractivity contribution in [2.24, 2.45) is 0 Å². The van der Waals surface area contributed by atoms with Gasteiger partial charge in [-0.3, -0.25) is 0 Å². The van der Waals surface area contributed by atoms with Crippen molar-refractivity contribution in [1.29, 1.82) is 0 Å². The number of phenols is 1. The van der Waals surface area contributed by atoms with E-state index in [1.165, 1.54) is 6.07 Å². The third-order valence-corrected chi connectivity index (χ3v) is 3.40. The van der Waals surface area contributed by atoms with Crippen molar-refractivity contribution in [3.63, 3.8) is 0 Å². The van der Waals surface area contributed by atoms with Crippen LogP contribution in [-0.4, -0.2) is 42.7 Å². The van der Waals surface area contributed by atoms with E-state index in [0.29, 0.717) is 13.0 Å². The molecule has 0 saturated carbocycles. The molecule has 1 fully saturated rings. The molecule has 2 rings (SSSR count). The van der Waals surface area contributed by atoms with Crippen LogP contribution in [0.2, 0.25) is 5.02 Å². The normalized spacial score (nSPS) is 17.1. The van der Waals surface area contributed by atoms with Crippen molar-refractivity contribution in [2.45, 2.75) is 6.42 Å². The molecule has 0 atom stereocenters. The predicted molar refractivity (Wildman–Crippen MR) is 66.0 cm³/mol. The van der Waals surface area contributed by atoms with Crippen molar-refractivity contribution in [1.82, 2.24) is 10.2 Å². The lowest BCUT2D eigenvalue weighted by Crippen LogP contribution is -2.44. The van der Waals surface area contributed by atoms with Crippen LogP contribution in [0.3, 0.4) is 0 Å². The van der Waals surface area contributed by atoms with Crippen molar-refractivity contribution in [3.05, 3.63) is 28.3 Å². The number of phenolic OH excluding ortho intramolecular Hbond substituents is 1. The molecule has 100 valence electrons. The summed E-state index contributed by atoms with van der Waals surface area (Å²) in [7, 11) is 0. The van der Waals surface area contributed by atoms with Crippen LogP contribution >= 0.6 is 11.6 Å². The Kier molecular flexibility index (Phi) is 4.37. The largest absolute Gasteiger partial charge is 0.504 e. The van der Waals surface area contributed by atoms with Gasteiger partial charge in [0.1, 0.15) is 0 Å². The van der Waals surface area contributed by atoms with Crippen LogP contribution in [0.15, 0.2) is 6.07 Å². The molecular weight excluding hydrogens is 262 g/mol. The SMILES string of the molecule is Oc1c(Cl)cc(CCN2CCNCC2)c(F)c1F. The van der Waals surface area contributed by atoms with Gasteiger partial charge >= 0.3 is 0 Å². The Balaban J connectivity index is 2.05. The molecule has 1 saturated heterocycles. The Labute approximate surface area is 109 Å². The van der Waals surface area contributed by atoms with E-state index in [4.69, 9.17) is 16.7 Å². The van der Waals surface area contributed by atoms with E-state index in [0.717, 1.165) is 26.2 Å². The van der Waals surface area contributed by atoms with Gasteiger partial charge in [-0.1, -0.05) is 11.6 Å². The second-order valence-electron chi connectivity index (χ2n) is 4.34. The second-order valence-corrected chi connectivity index (χ2v) is 4.74. The van der Waals surface area contributed by atoms with Crippen LogP contribution < -0.4 is 5.32 Å². The van der Waals surface area contributed by atoms with Crippen molar-refractivity contribution < 1.29 is 13.9 Å². The van der Waals surface area contributed by atoms with E-state index < -0.39 is 17.4 Å². The summed E-state index contributed by atoms with van der Waals surface area (Å²) in [6.45, 7) is 4.27. The molecule has 1 aliphatic rings. The molecule has 0 radical (unpaired) electrons. The lowest BCUT2D eigenvalue weighted by molar-refractivity contribution is 0.243. The van der Waals surface area contributed by atoms with Gasteiger partial charge in [0.25, 0.3) is 0 Å². The molecule has 6 heteroatoms. The molecule has 1 aromatic carbocycles. The average Bonchev–Trinajstić information content (AvgIpc) is 2.40. The maximum absolute atomic E-state index is 13.6.